The summed E-state index contributed by atoms with van der Waals surface area (Å²) in [6, 6.07) is 29.1. The van der Waals surface area contributed by atoms with E-state index in [-0.39, 0.29) is 23.0 Å². The summed E-state index contributed by atoms with van der Waals surface area (Å²) in [6.45, 7) is 0. The standard InChI is InChI=1S/C37H28N2O6/c1-44-25-11-13-27-21(17-25)9-15-29-33(27)34-28-14-12-26(45-2)18-22(28)10-16-30(34)37(29,38-19-23-5-3-7-31(40)35(23)42)39-20-24-6-4-8-32(41)36(24)43/h3-20,40-43H,1-2H3. The minimum absolute atomic E-state index is 0.270. The van der Waals surface area contributed by atoms with E-state index in [9.17, 15) is 20.4 Å². The number of para-hydroxylation sites is 2. The Morgan fingerprint density at radius 1 is 0.556 bits per heavy atom. The maximum atomic E-state index is 10.6. The Morgan fingerprint density at radius 3 is 1.42 bits per heavy atom. The van der Waals surface area contributed by atoms with Crippen molar-refractivity contribution in [3.05, 3.63) is 119 Å². The van der Waals surface area contributed by atoms with Crippen LogP contribution in [0.25, 0.3) is 32.7 Å². The molecule has 1 aliphatic rings. The molecule has 1 aliphatic carbocycles. The van der Waals surface area contributed by atoms with Gasteiger partial charge in [-0.25, -0.2) is 0 Å². The van der Waals surface area contributed by atoms with Crippen molar-refractivity contribution in [2.24, 2.45) is 9.98 Å². The summed E-state index contributed by atoms with van der Waals surface area (Å²) in [6.07, 6.45) is 2.98. The fraction of sp³-hybridized carbons (Fsp3) is 0.0811. The van der Waals surface area contributed by atoms with Gasteiger partial charge in [-0.3, -0.25) is 9.98 Å². The fourth-order valence-electron chi connectivity index (χ4n) is 6.08. The van der Waals surface area contributed by atoms with Gasteiger partial charge in [0.1, 0.15) is 11.5 Å². The molecule has 6 aromatic carbocycles. The number of phenols is 4. The van der Waals surface area contributed by atoms with Crippen LogP contribution in [0.2, 0.25) is 0 Å². The average molecular weight is 597 g/mol. The monoisotopic (exact) mass is 596 g/mol. The highest BCUT2D eigenvalue weighted by Crippen LogP contribution is 2.56. The van der Waals surface area contributed by atoms with Crippen LogP contribution in [0.15, 0.2) is 107 Å². The molecule has 0 bridgehead atoms. The predicted molar refractivity (Wildman–Crippen MR) is 176 cm³/mol. The molecule has 222 valence electrons. The van der Waals surface area contributed by atoms with Crippen molar-refractivity contribution in [3.8, 4) is 45.6 Å². The number of ether oxygens (including phenoxy) is 2. The van der Waals surface area contributed by atoms with E-state index < -0.39 is 5.66 Å². The Bertz CT molecular complexity index is 2050. The number of phenolic OH excluding ortho intramolecular Hbond substituents is 4. The van der Waals surface area contributed by atoms with E-state index in [0.717, 1.165) is 55.3 Å². The van der Waals surface area contributed by atoms with E-state index in [1.165, 1.54) is 24.6 Å². The highest BCUT2D eigenvalue weighted by molar-refractivity contribution is 6.12. The van der Waals surface area contributed by atoms with Crippen molar-refractivity contribution >= 4 is 34.0 Å². The number of methoxy groups -OCH3 is 2. The average Bonchev–Trinajstić information content (AvgIpc) is 3.35. The summed E-state index contributed by atoms with van der Waals surface area (Å²) in [5.74, 6) is 0.302. The fourth-order valence-corrected chi connectivity index (χ4v) is 6.08. The largest absolute Gasteiger partial charge is 0.504 e. The third-order valence-corrected chi connectivity index (χ3v) is 8.33. The van der Waals surface area contributed by atoms with Gasteiger partial charge in [-0.1, -0.05) is 48.5 Å². The predicted octanol–water partition coefficient (Wildman–Crippen LogP) is 7.25. The lowest BCUT2D eigenvalue weighted by Gasteiger charge is -2.24. The third kappa shape index (κ3) is 4.38. The number of aliphatic imine (C=N–C) groups is 2. The Kier molecular flexibility index (Phi) is 6.55. The van der Waals surface area contributed by atoms with E-state index in [1.807, 2.05) is 60.7 Å². The van der Waals surface area contributed by atoms with Crippen LogP contribution in [0.1, 0.15) is 22.3 Å². The molecule has 8 heteroatoms. The van der Waals surface area contributed by atoms with Crippen molar-refractivity contribution in [2.45, 2.75) is 5.66 Å². The number of fused-ring (bicyclic) bond motifs is 7. The lowest BCUT2D eigenvalue weighted by Crippen LogP contribution is -2.21. The van der Waals surface area contributed by atoms with Gasteiger partial charge in [0, 0.05) is 34.7 Å². The highest BCUT2D eigenvalue weighted by Gasteiger charge is 2.44. The molecule has 0 amide bonds. The van der Waals surface area contributed by atoms with Crippen molar-refractivity contribution < 1.29 is 29.9 Å². The van der Waals surface area contributed by atoms with Crippen LogP contribution in [0.3, 0.4) is 0 Å². The summed E-state index contributed by atoms with van der Waals surface area (Å²) in [7, 11) is 3.26. The Hall–Kier alpha value is -6.02. The first kappa shape index (κ1) is 27.8. The lowest BCUT2D eigenvalue weighted by atomic mass is 9.94. The van der Waals surface area contributed by atoms with Gasteiger partial charge in [-0.15, -0.1) is 0 Å². The molecule has 4 N–H and O–H groups in total. The first-order chi connectivity index (χ1) is 21.8. The number of hydrogen-bond donors (Lipinski definition) is 4. The van der Waals surface area contributed by atoms with E-state index >= 15 is 0 Å². The molecule has 0 saturated heterocycles. The van der Waals surface area contributed by atoms with Crippen LogP contribution >= 0.6 is 0 Å². The highest BCUT2D eigenvalue weighted by atomic mass is 16.5. The Balaban J connectivity index is 1.59. The number of nitrogens with zero attached hydrogens (tertiary/aromatic N) is 2. The van der Waals surface area contributed by atoms with Crippen molar-refractivity contribution in [3.63, 3.8) is 0 Å². The van der Waals surface area contributed by atoms with Gasteiger partial charge in [0.15, 0.2) is 23.0 Å². The second-order valence-electron chi connectivity index (χ2n) is 10.8. The second-order valence-corrected chi connectivity index (χ2v) is 10.8. The minimum Gasteiger partial charge on any atom is -0.504 e. The number of aromatic hydroxyl groups is 4. The molecule has 0 aliphatic heterocycles. The maximum Gasteiger partial charge on any atom is 0.202 e. The molecule has 0 fully saturated rings. The van der Waals surface area contributed by atoms with Gasteiger partial charge in [0.05, 0.1) is 14.2 Å². The van der Waals surface area contributed by atoms with Gasteiger partial charge in [-0.2, -0.15) is 0 Å². The van der Waals surface area contributed by atoms with E-state index in [4.69, 9.17) is 19.5 Å². The molecule has 0 unspecified atom stereocenters. The molecule has 0 spiro atoms. The van der Waals surface area contributed by atoms with Gasteiger partial charge in [0.2, 0.25) is 5.66 Å². The number of hydrogen-bond acceptors (Lipinski definition) is 8. The van der Waals surface area contributed by atoms with Gasteiger partial charge < -0.3 is 29.9 Å². The zero-order chi connectivity index (χ0) is 31.3. The molecule has 0 atom stereocenters. The van der Waals surface area contributed by atoms with Crippen LogP contribution in [0, 0.1) is 0 Å². The van der Waals surface area contributed by atoms with Crippen molar-refractivity contribution in [1.29, 1.82) is 0 Å². The number of rotatable bonds is 6. The van der Waals surface area contributed by atoms with Gasteiger partial charge in [0.25, 0.3) is 0 Å². The van der Waals surface area contributed by atoms with Crippen LogP contribution in [0.5, 0.6) is 34.5 Å². The minimum atomic E-state index is -1.39. The molecular formula is C37H28N2O6. The quantitative estimate of drug-likeness (QED) is 0.119. The molecule has 7 rings (SSSR count). The Morgan fingerprint density at radius 2 is 1.00 bits per heavy atom. The van der Waals surface area contributed by atoms with E-state index in [0.29, 0.717) is 11.1 Å². The van der Waals surface area contributed by atoms with Crippen molar-refractivity contribution in [1.82, 2.24) is 0 Å². The molecular weight excluding hydrogens is 568 g/mol. The summed E-state index contributed by atoms with van der Waals surface area (Å²) < 4.78 is 11.0. The zero-order valence-corrected chi connectivity index (χ0v) is 24.4. The first-order valence-electron chi connectivity index (χ1n) is 14.2. The Labute approximate surface area is 258 Å². The normalized spacial score (nSPS) is 13.5. The van der Waals surface area contributed by atoms with Crippen molar-refractivity contribution in [2.75, 3.05) is 14.2 Å². The molecule has 8 nitrogen and oxygen atoms in total. The molecule has 0 radical (unpaired) electrons. The zero-order valence-electron chi connectivity index (χ0n) is 24.4. The van der Waals surface area contributed by atoms with Gasteiger partial charge in [-0.05, 0) is 81.2 Å². The summed E-state index contributed by atoms with van der Waals surface area (Å²) >= 11 is 0. The van der Waals surface area contributed by atoms with Crippen LogP contribution < -0.4 is 9.47 Å². The van der Waals surface area contributed by atoms with Gasteiger partial charge >= 0.3 is 0 Å². The van der Waals surface area contributed by atoms with Crippen LogP contribution in [0.4, 0.5) is 0 Å². The lowest BCUT2D eigenvalue weighted by molar-refractivity contribution is 0.403. The SMILES string of the molecule is COc1ccc2c3c(ccc2c1)C(N=Cc1cccc(O)c1O)(N=Cc1cccc(O)c1O)c1ccc2cc(OC)ccc2c1-3. The molecule has 0 aromatic heterocycles. The number of benzene rings is 6. The summed E-state index contributed by atoms with van der Waals surface area (Å²) in [5.41, 5.74) is 2.61. The van der Waals surface area contributed by atoms with Crippen LogP contribution in [-0.2, 0) is 5.66 Å². The first-order valence-corrected chi connectivity index (χ1v) is 14.2. The summed E-state index contributed by atoms with van der Waals surface area (Å²) in [4.78, 5) is 10.1. The topological polar surface area (TPSA) is 124 Å². The second kappa shape index (κ2) is 10.6. The smallest absolute Gasteiger partial charge is 0.202 e. The summed E-state index contributed by atoms with van der Waals surface area (Å²) in [5, 5.41) is 45.5. The maximum absolute atomic E-state index is 10.6. The van der Waals surface area contributed by atoms with Crippen LogP contribution in [-0.4, -0.2) is 47.1 Å². The molecule has 6 aromatic rings. The van der Waals surface area contributed by atoms with E-state index in [2.05, 4.69) is 0 Å². The molecule has 45 heavy (non-hydrogen) atoms. The molecule has 0 heterocycles. The third-order valence-electron chi connectivity index (χ3n) is 8.33. The molecule has 0 saturated carbocycles. The van der Waals surface area contributed by atoms with E-state index in [1.54, 1.807) is 38.5 Å².